The van der Waals surface area contributed by atoms with Crippen LogP contribution in [0.15, 0.2) is 41.3 Å². The Morgan fingerprint density at radius 2 is 2.00 bits per heavy atom. The molecule has 176 valence electrons. The third-order valence-corrected chi connectivity index (χ3v) is 8.22. The van der Waals surface area contributed by atoms with Crippen LogP contribution in [0.25, 0.3) is 0 Å². The molecule has 8 nitrogen and oxygen atoms in total. The van der Waals surface area contributed by atoms with Crippen LogP contribution in [0.3, 0.4) is 0 Å². The van der Waals surface area contributed by atoms with E-state index in [-0.39, 0.29) is 23.3 Å². The number of anilines is 1. The van der Waals surface area contributed by atoms with E-state index >= 15 is 0 Å². The molecule has 1 fully saturated rings. The molecule has 0 radical (unpaired) electrons. The van der Waals surface area contributed by atoms with Gasteiger partial charge in [-0.2, -0.15) is 4.31 Å². The molecule has 0 aromatic heterocycles. The molecule has 2 aromatic carbocycles. The molecule has 33 heavy (non-hydrogen) atoms. The predicted octanol–water partition coefficient (Wildman–Crippen LogP) is 3.08. The molecule has 0 aliphatic carbocycles. The summed E-state index contributed by atoms with van der Waals surface area (Å²) >= 11 is 5.89. The normalized spacial score (nSPS) is 21.0. The summed E-state index contributed by atoms with van der Waals surface area (Å²) in [5.41, 5.74) is 1.87. The largest absolute Gasteiger partial charge is 0.479 e. The van der Waals surface area contributed by atoms with E-state index in [0.29, 0.717) is 48.0 Å². The van der Waals surface area contributed by atoms with Crippen molar-refractivity contribution in [3.63, 3.8) is 0 Å². The van der Waals surface area contributed by atoms with Gasteiger partial charge in [0.05, 0.1) is 16.5 Å². The summed E-state index contributed by atoms with van der Waals surface area (Å²) < 4.78 is 33.9. The Bertz CT molecular complexity index is 1180. The summed E-state index contributed by atoms with van der Waals surface area (Å²) in [4.78, 5) is 24.7. The number of fused-ring (bicyclic) bond motifs is 1. The van der Waals surface area contributed by atoms with Crippen molar-refractivity contribution in [2.75, 3.05) is 18.4 Å². The van der Waals surface area contributed by atoms with Gasteiger partial charge in [-0.25, -0.2) is 8.42 Å². The average molecular weight is 492 g/mol. The molecule has 2 atom stereocenters. The van der Waals surface area contributed by atoms with E-state index < -0.39 is 22.0 Å². The van der Waals surface area contributed by atoms with Crippen LogP contribution in [0.1, 0.15) is 30.9 Å². The first-order chi connectivity index (χ1) is 15.6. The molecule has 2 unspecified atom stereocenters. The van der Waals surface area contributed by atoms with Crippen molar-refractivity contribution >= 4 is 39.1 Å². The van der Waals surface area contributed by atoms with E-state index in [1.165, 1.54) is 10.4 Å². The van der Waals surface area contributed by atoms with E-state index in [4.69, 9.17) is 16.3 Å². The van der Waals surface area contributed by atoms with Gasteiger partial charge in [0.1, 0.15) is 5.75 Å². The van der Waals surface area contributed by atoms with Gasteiger partial charge in [0.15, 0.2) is 6.10 Å². The Balaban J connectivity index is 1.48. The van der Waals surface area contributed by atoms with Gasteiger partial charge >= 0.3 is 0 Å². The molecule has 2 aliphatic heterocycles. The molecule has 1 saturated heterocycles. The average Bonchev–Trinajstić information content (AvgIpc) is 2.79. The number of hydrogen-bond acceptors (Lipinski definition) is 5. The van der Waals surface area contributed by atoms with Crippen molar-refractivity contribution < 1.29 is 22.7 Å². The standard InChI is InChI=1S/C23H26ClN3O5S/c1-14-10-19-20(32-15(2)22(28)26-19)11-21(14)33(30,31)27-9-3-4-17(13-27)23(29)25-12-16-5-7-18(24)8-6-16/h5-8,10-11,15,17H,3-4,9,12-13H2,1-2H3,(H,25,29)(H,26,28). The van der Waals surface area contributed by atoms with Crippen molar-refractivity contribution in [1.82, 2.24) is 9.62 Å². The summed E-state index contributed by atoms with van der Waals surface area (Å²) in [6.07, 6.45) is 0.500. The number of rotatable bonds is 5. The maximum atomic E-state index is 13.5. The Hall–Kier alpha value is -2.62. The highest BCUT2D eigenvalue weighted by Gasteiger charge is 2.35. The number of halogens is 1. The molecule has 4 rings (SSSR count). The highest BCUT2D eigenvalue weighted by molar-refractivity contribution is 7.89. The van der Waals surface area contributed by atoms with Crippen LogP contribution in [0, 0.1) is 12.8 Å². The Labute approximate surface area is 198 Å². The van der Waals surface area contributed by atoms with E-state index in [1.807, 2.05) is 12.1 Å². The van der Waals surface area contributed by atoms with Gasteiger partial charge in [-0.1, -0.05) is 23.7 Å². The molecule has 2 aliphatic rings. The zero-order chi connectivity index (χ0) is 23.8. The maximum absolute atomic E-state index is 13.5. The maximum Gasteiger partial charge on any atom is 0.265 e. The first-order valence-corrected chi connectivity index (χ1v) is 12.6. The second kappa shape index (κ2) is 9.32. The first kappa shape index (κ1) is 23.5. The second-order valence-corrected chi connectivity index (χ2v) is 10.8. The molecular formula is C23H26ClN3O5S. The number of benzene rings is 2. The van der Waals surface area contributed by atoms with Gasteiger partial charge in [0.2, 0.25) is 15.9 Å². The van der Waals surface area contributed by atoms with Crippen molar-refractivity contribution in [2.24, 2.45) is 5.92 Å². The summed E-state index contributed by atoms with van der Waals surface area (Å²) in [7, 11) is -3.85. The van der Waals surface area contributed by atoms with Crippen molar-refractivity contribution in [3.8, 4) is 5.75 Å². The number of nitrogens with one attached hydrogen (secondary N) is 2. The third-order valence-electron chi connectivity index (χ3n) is 5.96. The van der Waals surface area contributed by atoms with Gasteiger partial charge < -0.3 is 15.4 Å². The highest BCUT2D eigenvalue weighted by Crippen LogP contribution is 2.36. The molecular weight excluding hydrogens is 466 g/mol. The van der Waals surface area contributed by atoms with Gasteiger partial charge in [-0.3, -0.25) is 9.59 Å². The molecule has 0 saturated carbocycles. The zero-order valence-corrected chi connectivity index (χ0v) is 20.0. The van der Waals surface area contributed by atoms with E-state index in [0.717, 1.165) is 5.56 Å². The van der Waals surface area contributed by atoms with Crippen LogP contribution in [0.4, 0.5) is 5.69 Å². The summed E-state index contributed by atoms with van der Waals surface area (Å²) in [5, 5.41) is 6.25. The smallest absolute Gasteiger partial charge is 0.265 e. The lowest BCUT2D eigenvalue weighted by Crippen LogP contribution is -2.45. The Morgan fingerprint density at radius 3 is 2.73 bits per heavy atom. The summed E-state index contributed by atoms with van der Waals surface area (Å²) in [6, 6.07) is 10.3. The van der Waals surface area contributed by atoms with Crippen molar-refractivity contribution in [1.29, 1.82) is 0 Å². The Kier molecular flexibility index (Phi) is 6.65. The van der Waals surface area contributed by atoms with E-state index in [1.54, 1.807) is 32.0 Å². The van der Waals surface area contributed by atoms with Crippen LogP contribution in [-0.4, -0.2) is 43.7 Å². The molecule has 10 heteroatoms. The number of hydrogen-bond donors (Lipinski definition) is 2. The first-order valence-electron chi connectivity index (χ1n) is 10.8. The number of ether oxygens (including phenoxy) is 1. The van der Waals surface area contributed by atoms with Gasteiger partial charge in [0.25, 0.3) is 5.91 Å². The minimum atomic E-state index is -3.85. The number of nitrogens with zero attached hydrogens (tertiary/aromatic N) is 1. The number of aryl methyl sites for hydroxylation is 1. The number of piperidine rings is 1. The van der Waals surface area contributed by atoms with Crippen molar-refractivity contribution in [2.45, 2.75) is 44.2 Å². The summed E-state index contributed by atoms with van der Waals surface area (Å²) in [6.45, 7) is 4.08. The second-order valence-electron chi connectivity index (χ2n) is 8.41. The van der Waals surface area contributed by atoms with E-state index in [2.05, 4.69) is 10.6 Å². The molecule has 0 spiro atoms. The van der Waals surface area contributed by atoms with Crippen LogP contribution in [-0.2, 0) is 26.2 Å². The molecule has 2 amide bonds. The lowest BCUT2D eigenvalue weighted by atomic mass is 9.99. The topological polar surface area (TPSA) is 105 Å². The SMILES string of the molecule is Cc1cc2c(cc1S(=O)(=O)N1CCCC(C(=O)NCc3ccc(Cl)cc3)C1)OC(C)C(=O)N2. The Morgan fingerprint density at radius 1 is 1.27 bits per heavy atom. The molecule has 2 aromatic rings. The fourth-order valence-electron chi connectivity index (χ4n) is 4.07. The fraction of sp³-hybridized carbons (Fsp3) is 0.391. The van der Waals surface area contributed by atoms with E-state index in [9.17, 15) is 18.0 Å². The summed E-state index contributed by atoms with van der Waals surface area (Å²) in [5.74, 6) is -0.567. The molecule has 2 heterocycles. The van der Waals surface area contributed by atoms with Crippen molar-refractivity contribution in [3.05, 3.63) is 52.5 Å². The number of carbonyl (C=O) groups is 2. The fourth-order valence-corrected chi connectivity index (χ4v) is 5.94. The third kappa shape index (κ3) is 5.00. The number of sulfonamides is 1. The van der Waals surface area contributed by atoms with Crippen LogP contribution in [0.2, 0.25) is 5.02 Å². The highest BCUT2D eigenvalue weighted by atomic mass is 35.5. The van der Waals surface area contributed by atoms with Gasteiger partial charge in [-0.05, 0) is 56.0 Å². The molecule has 0 bridgehead atoms. The van der Waals surface area contributed by atoms with Gasteiger partial charge in [-0.15, -0.1) is 0 Å². The van der Waals surface area contributed by atoms with Crippen LogP contribution >= 0.6 is 11.6 Å². The van der Waals surface area contributed by atoms with Crippen LogP contribution < -0.4 is 15.4 Å². The monoisotopic (exact) mass is 491 g/mol. The van der Waals surface area contributed by atoms with Crippen LogP contribution in [0.5, 0.6) is 5.75 Å². The molecule has 2 N–H and O–H groups in total. The number of carbonyl (C=O) groups excluding carboxylic acids is 2. The predicted molar refractivity (Wildman–Crippen MR) is 125 cm³/mol. The quantitative estimate of drug-likeness (QED) is 0.668. The lowest BCUT2D eigenvalue weighted by molar-refractivity contribution is -0.126. The minimum Gasteiger partial charge on any atom is -0.479 e. The minimum absolute atomic E-state index is 0.110. The zero-order valence-electron chi connectivity index (χ0n) is 18.4. The number of amides is 2. The lowest BCUT2D eigenvalue weighted by Gasteiger charge is -2.32. The van der Waals surface area contributed by atoms with Gasteiger partial charge in [0, 0.05) is 30.7 Å².